The molecule has 0 aromatic carbocycles. The Morgan fingerprint density at radius 1 is 1.31 bits per heavy atom. The highest BCUT2D eigenvalue weighted by Gasteiger charge is 2.20. The van der Waals surface area contributed by atoms with Crippen molar-refractivity contribution in [3.63, 3.8) is 0 Å². The van der Waals surface area contributed by atoms with Gasteiger partial charge >= 0.3 is 0 Å². The normalized spacial score (nSPS) is 18.1. The van der Waals surface area contributed by atoms with E-state index in [-0.39, 0.29) is 0 Å². The Hall–Kier alpha value is -0.940. The van der Waals surface area contributed by atoms with Gasteiger partial charge in [0.25, 0.3) is 0 Å². The summed E-state index contributed by atoms with van der Waals surface area (Å²) in [6.07, 6.45) is 4.10. The third-order valence-electron chi connectivity index (χ3n) is 2.98. The molecule has 0 N–H and O–H groups in total. The van der Waals surface area contributed by atoms with Gasteiger partial charge in [0.2, 0.25) is 0 Å². The summed E-state index contributed by atoms with van der Waals surface area (Å²) in [4.78, 5) is 0. The van der Waals surface area contributed by atoms with Crippen LogP contribution in [0.3, 0.4) is 0 Å². The van der Waals surface area contributed by atoms with Crippen LogP contribution in [0.1, 0.15) is 24.6 Å². The van der Waals surface area contributed by atoms with Crippen molar-refractivity contribution in [3.05, 3.63) is 28.6 Å². The number of ether oxygens (including phenoxy) is 1. The second-order valence-electron chi connectivity index (χ2n) is 4.02. The highest BCUT2D eigenvalue weighted by molar-refractivity contribution is 9.10. The third-order valence-corrected chi connectivity index (χ3v) is 3.48. The van der Waals surface area contributed by atoms with Crippen LogP contribution in [0.2, 0.25) is 0 Å². The summed E-state index contributed by atoms with van der Waals surface area (Å²) in [5.41, 5.74) is 0.899. The molecule has 1 aliphatic heterocycles. The first-order valence-corrected chi connectivity index (χ1v) is 6.22. The predicted molar refractivity (Wildman–Crippen MR) is 63.5 cm³/mol. The van der Waals surface area contributed by atoms with Crippen LogP contribution in [0.4, 0.5) is 0 Å². The van der Waals surface area contributed by atoms with Crippen LogP contribution in [0.5, 0.6) is 0 Å². The summed E-state index contributed by atoms with van der Waals surface area (Å²) >= 11 is 3.44. The van der Waals surface area contributed by atoms with E-state index in [1.165, 1.54) is 0 Å². The lowest BCUT2D eigenvalue weighted by atomic mass is 10.00. The van der Waals surface area contributed by atoms with E-state index in [2.05, 4.69) is 30.5 Å². The van der Waals surface area contributed by atoms with Crippen molar-refractivity contribution < 1.29 is 4.74 Å². The molecule has 2 aromatic rings. The van der Waals surface area contributed by atoms with Crippen LogP contribution < -0.4 is 0 Å². The maximum absolute atomic E-state index is 5.36. The first-order chi connectivity index (χ1) is 7.84. The zero-order chi connectivity index (χ0) is 11.0. The van der Waals surface area contributed by atoms with E-state index in [9.17, 15) is 0 Å². The fourth-order valence-corrected chi connectivity index (χ4v) is 2.44. The zero-order valence-corrected chi connectivity index (χ0v) is 10.4. The summed E-state index contributed by atoms with van der Waals surface area (Å²) < 4.78 is 8.47. The van der Waals surface area contributed by atoms with Gasteiger partial charge in [0.05, 0.1) is 0 Å². The van der Waals surface area contributed by atoms with Gasteiger partial charge in [-0.2, -0.15) is 0 Å². The van der Waals surface area contributed by atoms with Crippen molar-refractivity contribution in [1.29, 1.82) is 0 Å². The zero-order valence-electron chi connectivity index (χ0n) is 8.77. The van der Waals surface area contributed by atoms with Crippen molar-refractivity contribution in [2.75, 3.05) is 13.2 Å². The maximum Gasteiger partial charge on any atom is 0.161 e. The Morgan fingerprint density at radius 2 is 2.12 bits per heavy atom. The highest BCUT2D eigenvalue weighted by Crippen LogP contribution is 2.26. The molecule has 0 radical (unpaired) electrons. The lowest BCUT2D eigenvalue weighted by Gasteiger charge is -2.20. The minimum atomic E-state index is 0.477. The number of halogens is 1. The molecule has 0 bridgehead atoms. The molecule has 0 saturated carbocycles. The van der Waals surface area contributed by atoms with Gasteiger partial charge in [0.15, 0.2) is 5.65 Å². The number of hydrogen-bond acceptors (Lipinski definition) is 3. The van der Waals surface area contributed by atoms with Crippen LogP contribution in [-0.4, -0.2) is 27.8 Å². The largest absolute Gasteiger partial charge is 0.381 e. The van der Waals surface area contributed by atoms with Crippen molar-refractivity contribution in [2.45, 2.75) is 18.8 Å². The Morgan fingerprint density at radius 3 is 2.94 bits per heavy atom. The average Bonchev–Trinajstić information content (AvgIpc) is 2.73. The lowest BCUT2D eigenvalue weighted by Crippen LogP contribution is -2.16. The SMILES string of the molecule is Brc1ccn2c(C3CCOCC3)nnc2c1. The van der Waals surface area contributed by atoms with Gasteiger partial charge in [0, 0.05) is 29.8 Å². The molecule has 84 valence electrons. The Balaban J connectivity index is 2.03. The third kappa shape index (κ3) is 1.74. The molecule has 1 fully saturated rings. The topological polar surface area (TPSA) is 39.4 Å². The van der Waals surface area contributed by atoms with E-state index in [0.717, 1.165) is 42.0 Å². The minimum Gasteiger partial charge on any atom is -0.381 e. The van der Waals surface area contributed by atoms with E-state index in [1.54, 1.807) is 0 Å². The number of pyridine rings is 1. The molecule has 0 amide bonds. The van der Waals surface area contributed by atoms with Crippen LogP contribution >= 0.6 is 15.9 Å². The fourth-order valence-electron chi connectivity index (χ4n) is 2.12. The molecule has 0 atom stereocenters. The smallest absolute Gasteiger partial charge is 0.161 e. The second kappa shape index (κ2) is 4.14. The van der Waals surface area contributed by atoms with Gasteiger partial charge in [-0.15, -0.1) is 10.2 Å². The monoisotopic (exact) mass is 281 g/mol. The molecule has 0 spiro atoms. The summed E-state index contributed by atoms with van der Waals surface area (Å²) in [5.74, 6) is 1.54. The quantitative estimate of drug-likeness (QED) is 0.806. The lowest BCUT2D eigenvalue weighted by molar-refractivity contribution is 0.0834. The molecule has 3 rings (SSSR count). The van der Waals surface area contributed by atoms with Crippen LogP contribution in [0.15, 0.2) is 22.8 Å². The Kier molecular flexibility index (Phi) is 2.65. The van der Waals surface area contributed by atoms with Crippen LogP contribution in [0.25, 0.3) is 5.65 Å². The fraction of sp³-hybridized carbons (Fsp3) is 0.455. The van der Waals surface area contributed by atoms with Crippen molar-refractivity contribution in [2.24, 2.45) is 0 Å². The van der Waals surface area contributed by atoms with Gasteiger partial charge in [-0.05, 0) is 25.0 Å². The van der Waals surface area contributed by atoms with Crippen molar-refractivity contribution >= 4 is 21.6 Å². The first-order valence-electron chi connectivity index (χ1n) is 5.42. The standard InChI is InChI=1S/C11H12BrN3O/c12-9-1-4-15-10(7-9)13-14-11(15)8-2-5-16-6-3-8/h1,4,7-8H,2-3,5-6H2. The number of fused-ring (bicyclic) bond motifs is 1. The van der Waals surface area contributed by atoms with Gasteiger partial charge < -0.3 is 4.74 Å². The van der Waals surface area contributed by atoms with Gasteiger partial charge in [0.1, 0.15) is 5.82 Å². The van der Waals surface area contributed by atoms with Crippen LogP contribution in [-0.2, 0) is 4.74 Å². The number of rotatable bonds is 1. The molecule has 1 aliphatic rings. The average molecular weight is 282 g/mol. The number of aromatic nitrogens is 3. The molecule has 4 nitrogen and oxygen atoms in total. The van der Waals surface area contributed by atoms with Gasteiger partial charge in [-0.1, -0.05) is 15.9 Å². The molecule has 16 heavy (non-hydrogen) atoms. The van der Waals surface area contributed by atoms with Crippen LogP contribution in [0, 0.1) is 0 Å². The Labute approximate surface area is 102 Å². The second-order valence-corrected chi connectivity index (χ2v) is 4.93. The van der Waals surface area contributed by atoms with Crippen molar-refractivity contribution in [1.82, 2.24) is 14.6 Å². The van der Waals surface area contributed by atoms with E-state index >= 15 is 0 Å². The van der Waals surface area contributed by atoms with Crippen molar-refractivity contribution in [3.8, 4) is 0 Å². The van der Waals surface area contributed by atoms with E-state index < -0.39 is 0 Å². The number of nitrogens with zero attached hydrogens (tertiary/aromatic N) is 3. The molecule has 0 unspecified atom stereocenters. The molecule has 1 saturated heterocycles. The Bertz CT molecular complexity index is 505. The predicted octanol–water partition coefficient (Wildman–Crippen LogP) is 2.39. The molecule has 3 heterocycles. The molecule has 2 aromatic heterocycles. The summed E-state index contributed by atoms with van der Waals surface area (Å²) in [6.45, 7) is 1.66. The van der Waals surface area contributed by atoms with Gasteiger partial charge in [-0.25, -0.2) is 0 Å². The first kappa shape index (κ1) is 10.2. The van der Waals surface area contributed by atoms with E-state index in [0.29, 0.717) is 5.92 Å². The van der Waals surface area contributed by atoms with E-state index in [4.69, 9.17) is 4.74 Å². The summed E-state index contributed by atoms with van der Waals surface area (Å²) in [6, 6.07) is 4.00. The molecular weight excluding hydrogens is 270 g/mol. The molecule has 0 aliphatic carbocycles. The highest BCUT2D eigenvalue weighted by atomic mass is 79.9. The summed E-state index contributed by atoms with van der Waals surface area (Å²) in [7, 11) is 0. The summed E-state index contributed by atoms with van der Waals surface area (Å²) in [5, 5.41) is 8.49. The molecule has 5 heteroatoms. The molecular formula is C11H12BrN3O. The van der Waals surface area contributed by atoms with Gasteiger partial charge in [-0.3, -0.25) is 4.40 Å². The van der Waals surface area contributed by atoms with E-state index in [1.807, 2.05) is 18.3 Å². The maximum atomic E-state index is 5.36. The number of hydrogen-bond donors (Lipinski definition) is 0. The minimum absolute atomic E-state index is 0.477.